The van der Waals surface area contributed by atoms with Gasteiger partial charge < -0.3 is 4.74 Å². The fourth-order valence-corrected chi connectivity index (χ4v) is 3.00. The zero-order valence-corrected chi connectivity index (χ0v) is 14.9. The quantitative estimate of drug-likeness (QED) is 0.659. The number of fused-ring (bicyclic) bond motifs is 1. The molecule has 0 aliphatic rings. The first kappa shape index (κ1) is 17.7. The van der Waals surface area contributed by atoms with E-state index in [-0.39, 0.29) is 6.42 Å². The van der Waals surface area contributed by atoms with Gasteiger partial charge in [0.25, 0.3) is 17.6 Å². The van der Waals surface area contributed by atoms with Crippen molar-refractivity contribution in [3.63, 3.8) is 0 Å². The summed E-state index contributed by atoms with van der Waals surface area (Å²) < 4.78 is 6.49. The average Bonchev–Trinajstić information content (AvgIpc) is 3.28. The van der Waals surface area contributed by atoms with Crippen LogP contribution in [0.5, 0.6) is 0 Å². The fraction of sp³-hybridized carbons (Fsp3) is 0.250. The van der Waals surface area contributed by atoms with Crippen molar-refractivity contribution < 1.29 is 19.1 Å². The van der Waals surface area contributed by atoms with E-state index in [1.807, 2.05) is 0 Å². The first-order chi connectivity index (χ1) is 12.5. The number of thiophene rings is 1. The third-order valence-electron chi connectivity index (χ3n) is 3.67. The summed E-state index contributed by atoms with van der Waals surface area (Å²) >= 11 is 1.21. The van der Waals surface area contributed by atoms with Crippen LogP contribution in [0.3, 0.4) is 0 Å². The Hall–Kier alpha value is -3.14. The summed E-state index contributed by atoms with van der Waals surface area (Å²) in [6.07, 6.45) is 1.32. The van der Waals surface area contributed by atoms with Crippen LogP contribution in [0, 0.1) is 13.8 Å². The molecule has 0 saturated heterocycles. The molecule has 0 fully saturated rings. The minimum absolute atomic E-state index is 0.0629. The summed E-state index contributed by atoms with van der Waals surface area (Å²) in [4.78, 5) is 44.2. The lowest BCUT2D eigenvalue weighted by Crippen LogP contribution is -2.34. The highest BCUT2D eigenvalue weighted by molar-refractivity contribution is 7.12. The number of ether oxygens (including phenoxy) is 1. The maximum Gasteiger partial charge on any atom is 0.310 e. The number of carbonyl (C=O) groups excluding carboxylic acids is 3. The third-order valence-corrected chi connectivity index (χ3v) is 4.54. The molecule has 0 spiro atoms. The number of nitrogens with one attached hydrogen (secondary N) is 1. The van der Waals surface area contributed by atoms with Crippen molar-refractivity contribution in [1.29, 1.82) is 0 Å². The molecule has 0 radical (unpaired) electrons. The molecule has 0 unspecified atom stereocenters. The Kier molecular flexibility index (Phi) is 5.03. The second kappa shape index (κ2) is 7.40. The van der Waals surface area contributed by atoms with E-state index in [1.54, 1.807) is 31.4 Å². The predicted molar refractivity (Wildman–Crippen MR) is 91.7 cm³/mol. The normalized spacial score (nSPS) is 10.7. The molecule has 0 saturated carbocycles. The van der Waals surface area contributed by atoms with E-state index < -0.39 is 24.4 Å². The number of esters is 1. The topological polar surface area (TPSA) is 116 Å². The molecule has 134 valence electrons. The van der Waals surface area contributed by atoms with E-state index in [2.05, 4.69) is 20.4 Å². The first-order valence-electron chi connectivity index (χ1n) is 7.65. The minimum atomic E-state index is -0.685. The van der Waals surface area contributed by atoms with E-state index in [1.165, 1.54) is 22.2 Å². The Labute approximate surface area is 152 Å². The van der Waals surface area contributed by atoms with Gasteiger partial charge in [0.1, 0.15) is 6.33 Å². The number of amides is 2. The number of aromatic nitrogens is 4. The van der Waals surface area contributed by atoms with Crippen LogP contribution in [-0.4, -0.2) is 44.0 Å². The van der Waals surface area contributed by atoms with E-state index in [4.69, 9.17) is 4.74 Å². The lowest BCUT2D eigenvalue weighted by Gasteiger charge is -2.10. The lowest BCUT2D eigenvalue weighted by molar-refractivity contribution is -0.147. The fourth-order valence-electron chi connectivity index (χ4n) is 2.38. The number of nitrogens with zero attached hydrogens (tertiary/aromatic N) is 4. The lowest BCUT2D eigenvalue weighted by atomic mass is 10.1. The van der Waals surface area contributed by atoms with Crippen molar-refractivity contribution in [3.05, 3.63) is 45.7 Å². The number of aryl methyl sites for hydroxylation is 2. The van der Waals surface area contributed by atoms with Crippen LogP contribution in [0.4, 0.5) is 0 Å². The summed E-state index contributed by atoms with van der Waals surface area (Å²) in [5, 5.41) is 7.94. The average molecular weight is 373 g/mol. The zero-order valence-electron chi connectivity index (χ0n) is 14.1. The molecule has 3 heterocycles. The second-order valence-corrected chi connectivity index (χ2v) is 6.37. The van der Waals surface area contributed by atoms with Crippen LogP contribution in [0.15, 0.2) is 23.8 Å². The molecule has 3 rings (SSSR count). The van der Waals surface area contributed by atoms with Gasteiger partial charge in [0.15, 0.2) is 6.61 Å². The van der Waals surface area contributed by atoms with Crippen LogP contribution >= 0.6 is 11.3 Å². The minimum Gasteiger partial charge on any atom is -0.455 e. The van der Waals surface area contributed by atoms with Crippen molar-refractivity contribution in [2.75, 3.05) is 6.61 Å². The third kappa shape index (κ3) is 3.75. The largest absolute Gasteiger partial charge is 0.455 e. The standard InChI is InChI=1S/C16H15N5O4S/c1-9-11(10(2)21-16(19-9)17-8-18-21)6-14(23)25-7-13(22)20-15(24)12-4-3-5-26-12/h3-5,8H,6-7H2,1-2H3,(H,20,22,24). The van der Waals surface area contributed by atoms with Crippen LogP contribution in [0.25, 0.3) is 5.78 Å². The molecule has 0 bridgehead atoms. The molecule has 0 aromatic carbocycles. The molecule has 0 aliphatic heterocycles. The van der Waals surface area contributed by atoms with E-state index in [0.29, 0.717) is 21.9 Å². The Morgan fingerprint density at radius 2 is 2.12 bits per heavy atom. The summed E-state index contributed by atoms with van der Waals surface area (Å²) in [6.45, 7) is 3.02. The number of hydrogen-bond acceptors (Lipinski definition) is 8. The van der Waals surface area contributed by atoms with Crippen molar-refractivity contribution in [1.82, 2.24) is 24.9 Å². The number of carbonyl (C=O) groups is 3. The van der Waals surface area contributed by atoms with E-state index in [0.717, 1.165) is 5.69 Å². The molecule has 10 heteroatoms. The predicted octanol–water partition coefficient (Wildman–Crippen LogP) is 0.845. The van der Waals surface area contributed by atoms with Gasteiger partial charge in [-0.2, -0.15) is 10.1 Å². The number of hydrogen-bond donors (Lipinski definition) is 1. The maximum absolute atomic E-state index is 12.1. The molecule has 9 nitrogen and oxygen atoms in total. The van der Waals surface area contributed by atoms with Crippen molar-refractivity contribution >= 4 is 34.9 Å². The van der Waals surface area contributed by atoms with Gasteiger partial charge >= 0.3 is 5.97 Å². The summed E-state index contributed by atoms with van der Waals surface area (Å²) in [5.41, 5.74) is 2.01. The Morgan fingerprint density at radius 3 is 2.85 bits per heavy atom. The van der Waals surface area contributed by atoms with Gasteiger partial charge in [0, 0.05) is 17.0 Å². The summed E-state index contributed by atoms with van der Waals surface area (Å²) in [5.74, 6) is -1.36. The summed E-state index contributed by atoms with van der Waals surface area (Å²) in [6, 6.07) is 3.30. The smallest absolute Gasteiger partial charge is 0.310 e. The SMILES string of the molecule is Cc1nc2ncnn2c(C)c1CC(=O)OCC(=O)NC(=O)c1cccs1. The highest BCUT2D eigenvalue weighted by Crippen LogP contribution is 2.14. The molecule has 3 aromatic heterocycles. The highest BCUT2D eigenvalue weighted by atomic mass is 32.1. The molecular weight excluding hydrogens is 358 g/mol. The Bertz CT molecular complexity index is 980. The first-order valence-corrected chi connectivity index (χ1v) is 8.53. The van der Waals surface area contributed by atoms with Crippen LogP contribution in [0.2, 0.25) is 0 Å². The van der Waals surface area contributed by atoms with Gasteiger partial charge in [0.05, 0.1) is 11.3 Å². The van der Waals surface area contributed by atoms with Crippen LogP contribution in [0.1, 0.15) is 26.6 Å². The van der Waals surface area contributed by atoms with Gasteiger partial charge in [-0.05, 0) is 25.3 Å². The second-order valence-electron chi connectivity index (χ2n) is 5.43. The zero-order chi connectivity index (χ0) is 18.7. The molecule has 3 aromatic rings. The van der Waals surface area contributed by atoms with Gasteiger partial charge in [-0.15, -0.1) is 11.3 Å². The summed E-state index contributed by atoms with van der Waals surface area (Å²) in [7, 11) is 0. The molecule has 26 heavy (non-hydrogen) atoms. The van der Waals surface area contributed by atoms with Crippen molar-refractivity contribution in [3.8, 4) is 0 Å². The molecule has 1 N–H and O–H groups in total. The monoisotopic (exact) mass is 373 g/mol. The van der Waals surface area contributed by atoms with Gasteiger partial charge in [-0.25, -0.2) is 9.50 Å². The van der Waals surface area contributed by atoms with Crippen molar-refractivity contribution in [2.24, 2.45) is 0 Å². The van der Waals surface area contributed by atoms with Crippen LogP contribution in [-0.2, 0) is 20.7 Å². The van der Waals surface area contributed by atoms with Gasteiger partial charge in [-0.3, -0.25) is 19.7 Å². The Balaban J connectivity index is 1.57. The maximum atomic E-state index is 12.1. The molecule has 0 atom stereocenters. The molecular formula is C16H15N5O4S. The number of rotatable bonds is 5. The van der Waals surface area contributed by atoms with Crippen LogP contribution < -0.4 is 5.32 Å². The van der Waals surface area contributed by atoms with Gasteiger partial charge in [0.2, 0.25) is 0 Å². The molecule has 2 amide bonds. The van der Waals surface area contributed by atoms with E-state index >= 15 is 0 Å². The van der Waals surface area contributed by atoms with Crippen molar-refractivity contribution in [2.45, 2.75) is 20.3 Å². The van der Waals surface area contributed by atoms with E-state index in [9.17, 15) is 14.4 Å². The van der Waals surface area contributed by atoms with Gasteiger partial charge in [-0.1, -0.05) is 6.07 Å². The highest BCUT2D eigenvalue weighted by Gasteiger charge is 2.17. The number of imide groups is 1. The molecule has 0 aliphatic carbocycles. The Morgan fingerprint density at radius 1 is 1.31 bits per heavy atom.